The molecule has 2 aromatic heterocycles. The number of hydrogen-bond donors (Lipinski definition) is 1. The number of carbonyl (C=O) groups excluding carboxylic acids is 2. The maximum atomic E-state index is 12.7. The van der Waals surface area contributed by atoms with Gasteiger partial charge in [-0.05, 0) is 52.6 Å². The van der Waals surface area contributed by atoms with E-state index < -0.39 is 13.7 Å². The van der Waals surface area contributed by atoms with Crippen molar-refractivity contribution in [1.29, 1.82) is 0 Å². The fraction of sp³-hybridized carbons (Fsp3) is 0.654. The molecular weight excluding hydrogens is 476 g/mol. The number of anilines is 1. The Bertz CT molecular complexity index is 1050. The van der Waals surface area contributed by atoms with Crippen LogP contribution in [-0.4, -0.2) is 72.5 Å². The maximum absolute atomic E-state index is 12.7. The van der Waals surface area contributed by atoms with Crippen LogP contribution in [0.15, 0.2) is 18.5 Å². The second kappa shape index (κ2) is 11.6. The van der Waals surface area contributed by atoms with E-state index in [9.17, 15) is 9.59 Å². The van der Waals surface area contributed by atoms with E-state index in [0.717, 1.165) is 30.0 Å². The van der Waals surface area contributed by atoms with E-state index in [2.05, 4.69) is 29.9 Å². The van der Waals surface area contributed by atoms with Gasteiger partial charge in [-0.15, -0.1) is 0 Å². The smallest absolute Gasteiger partial charge is 0.410 e. The quantitative estimate of drug-likeness (QED) is 0.272. The number of piperidine rings is 1. The second-order valence-electron chi connectivity index (χ2n) is 11.6. The van der Waals surface area contributed by atoms with Crippen molar-refractivity contribution in [3.8, 4) is 0 Å². The summed E-state index contributed by atoms with van der Waals surface area (Å²) in [5.74, 6) is -0.368. The number of likely N-dealkylation sites (tertiary alicyclic amines) is 1. The number of aromatic nitrogens is 2. The number of nitrogens with one attached hydrogen (secondary N) is 1. The van der Waals surface area contributed by atoms with E-state index in [0.29, 0.717) is 44.2 Å². The van der Waals surface area contributed by atoms with Crippen molar-refractivity contribution in [3.63, 3.8) is 0 Å². The molecule has 3 heterocycles. The van der Waals surface area contributed by atoms with Gasteiger partial charge >= 0.3 is 12.1 Å². The molecule has 0 aliphatic carbocycles. The summed E-state index contributed by atoms with van der Waals surface area (Å²) in [5, 5.41) is 4.26. The molecule has 0 atom stereocenters. The Balaban J connectivity index is 1.69. The summed E-state index contributed by atoms with van der Waals surface area (Å²) in [4.78, 5) is 31.4. The molecule has 0 saturated carbocycles. The zero-order chi connectivity index (χ0) is 26.5. The fourth-order valence-corrected chi connectivity index (χ4v) is 4.79. The molecule has 3 rings (SSSR count). The Hall–Kier alpha value is -2.59. The van der Waals surface area contributed by atoms with Crippen molar-refractivity contribution in [2.24, 2.45) is 0 Å². The molecule has 1 N–H and O–H groups in total. The molecule has 0 spiro atoms. The van der Waals surface area contributed by atoms with E-state index >= 15 is 0 Å². The lowest BCUT2D eigenvalue weighted by Crippen LogP contribution is -2.44. The lowest BCUT2D eigenvalue weighted by molar-refractivity contribution is 0.0210. The largest absolute Gasteiger partial charge is 0.462 e. The van der Waals surface area contributed by atoms with Crippen LogP contribution >= 0.6 is 0 Å². The van der Waals surface area contributed by atoms with Gasteiger partial charge in [-0.25, -0.2) is 14.6 Å². The SMILES string of the molecule is CCOC(=O)c1cn(COCC[Si](C)(C)C)c2ncc(NC3CCN(C(=O)OC(C)(C)C)CC3)cc12. The van der Waals surface area contributed by atoms with Gasteiger partial charge in [-0.1, -0.05) is 19.6 Å². The van der Waals surface area contributed by atoms with Crippen LogP contribution in [-0.2, 0) is 20.9 Å². The lowest BCUT2D eigenvalue weighted by atomic mass is 10.0. The Morgan fingerprint density at radius 3 is 2.50 bits per heavy atom. The molecular formula is C26H42N4O5Si. The second-order valence-corrected chi connectivity index (χ2v) is 17.2. The zero-order valence-corrected chi connectivity index (χ0v) is 23.8. The molecule has 1 aliphatic rings. The van der Waals surface area contributed by atoms with Crippen LogP contribution in [0, 0.1) is 0 Å². The highest BCUT2D eigenvalue weighted by Crippen LogP contribution is 2.26. The van der Waals surface area contributed by atoms with Crippen LogP contribution in [0.3, 0.4) is 0 Å². The molecule has 1 fully saturated rings. The standard InChI is InChI=1S/C26H42N4O5Si/c1-8-34-24(31)22-17-30(18-33-13-14-36(5,6)7)23-21(22)15-20(16-27-23)28-19-9-11-29(12-10-19)25(32)35-26(2,3)4/h15-17,19,28H,8-14,18H2,1-7H3. The molecule has 1 saturated heterocycles. The number of hydrogen-bond acceptors (Lipinski definition) is 7. The Morgan fingerprint density at radius 2 is 1.89 bits per heavy atom. The summed E-state index contributed by atoms with van der Waals surface area (Å²) in [7, 11) is -1.18. The molecule has 2 aromatic rings. The van der Waals surface area contributed by atoms with Crippen LogP contribution in [0.4, 0.5) is 10.5 Å². The Kier molecular flexibility index (Phi) is 9.05. The molecule has 9 nitrogen and oxygen atoms in total. The zero-order valence-electron chi connectivity index (χ0n) is 22.8. The minimum absolute atomic E-state index is 0.195. The van der Waals surface area contributed by atoms with E-state index in [1.807, 2.05) is 31.4 Å². The van der Waals surface area contributed by atoms with Crippen molar-refractivity contribution in [1.82, 2.24) is 14.5 Å². The van der Waals surface area contributed by atoms with Gasteiger partial charge in [0.25, 0.3) is 0 Å². The third kappa shape index (κ3) is 7.96. The summed E-state index contributed by atoms with van der Waals surface area (Å²) in [6.07, 6.45) is 4.89. The first kappa shape index (κ1) is 28.0. The highest BCUT2D eigenvalue weighted by atomic mass is 28.3. The minimum Gasteiger partial charge on any atom is -0.462 e. The van der Waals surface area contributed by atoms with Crippen molar-refractivity contribution < 1.29 is 23.8 Å². The van der Waals surface area contributed by atoms with Crippen molar-refractivity contribution in [2.75, 3.05) is 31.6 Å². The number of ether oxygens (including phenoxy) is 3. The number of nitrogens with zero attached hydrogens (tertiary/aromatic N) is 3. The summed E-state index contributed by atoms with van der Waals surface area (Å²) in [5.41, 5.74) is 1.51. The van der Waals surface area contributed by atoms with Crippen LogP contribution in [0.25, 0.3) is 11.0 Å². The van der Waals surface area contributed by atoms with E-state index in [1.165, 1.54) is 0 Å². The average molecular weight is 519 g/mol. The lowest BCUT2D eigenvalue weighted by Gasteiger charge is -2.34. The number of esters is 1. The highest BCUT2D eigenvalue weighted by molar-refractivity contribution is 6.76. The van der Waals surface area contributed by atoms with Gasteiger partial charge in [0, 0.05) is 45.4 Å². The van der Waals surface area contributed by atoms with Crippen LogP contribution < -0.4 is 5.32 Å². The highest BCUT2D eigenvalue weighted by Gasteiger charge is 2.27. The van der Waals surface area contributed by atoms with Crippen LogP contribution in [0.5, 0.6) is 0 Å². The maximum Gasteiger partial charge on any atom is 0.410 e. The third-order valence-electron chi connectivity index (χ3n) is 5.95. The van der Waals surface area contributed by atoms with Gasteiger partial charge in [0.15, 0.2) is 0 Å². The van der Waals surface area contributed by atoms with E-state index in [-0.39, 0.29) is 18.1 Å². The molecule has 10 heteroatoms. The van der Waals surface area contributed by atoms with Gasteiger partial charge < -0.3 is 29.0 Å². The normalized spacial score (nSPS) is 15.2. The summed E-state index contributed by atoms with van der Waals surface area (Å²) >= 11 is 0. The Morgan fingerprint density at radius 1 is 1.19 bits per heavy atom. The van der Waals surface area contributed by atoms with Gasteiger partial charge in [-0.3, -0.25) is 0 Å². The number of rotatable bonds is 9. The first-order chi connectivity index (χ1) is 16.9. The summed E-state index contributed by atoms with van der Waals surface area (Å²) < 4.78 is 18.6. The van der Waals surface area contributed by atoms with Crippen molar-refractivity contribution in [2.45, 2.75) is 84.6 Å². The molecule has 0 unspecified atom stereocenters. The Labute approximate surface area is 215 Å². The molecule has 1 amide bonds. The number of amides is 1. The topological polar surface area (TPSA) is 94.9 Å². The molecule has 0 radical (unpaired) electrons. The van der Waals surface area contributed by atoms with Gasteiger partial charge in [0.1, 0.15) is 18.0 Å². The van der Waals surface area contributed by atoms with Gasteiger partial charge in [-0.2, -0.15) is 0 Å². The number of pyridine rings is 1. The van der Waals surface area contributed by atoms with E-state index in [1.54, 1.807) is 24.2 Å². The van der Waals surface area contributed by atoms with Gasteiger partial charge in [0.05, 0.1) is 24.1 Å². The average Bonchev–Trinajstić information content (AvgIpc) is 3.13. The van der Waals surface area contributed by atoms with Crippen molar-refractivity contribution >= 4 is 36.9 Å². The molecule has 0 aromatic carbocycles. The fourth-order valence-electron chi connectivity index (χ4n) is 4.03. The van der Waals surface area contributed by atoms with Crippen LogP contribution in [0.1, 0.15) is 50.9 Å². The first-order valence-electron chi connectivity index (χ1n) is 12.8. The number of fused-ring (bicyclic) bond motifs is 1. The monoisotopic (exact) mass is 518 g/mol. The summed E-state index contributed by atoms with van der Waals surface area (Å²) in [6, 6.07) is 3.22. The van der Waals surface area contributed by atoms with E-state index in [4.69, 9.17) is 14.2 Å². The van der Waals surface area contributed by atoms with Gasteiger partial charge in [0.2, 0.25) is 0 Å². The minimum atomic E-state index is -1.18. The van der Waals surface area contributed by atoms with Crippen LogP contribution in [0.2, 0.25) is 25.7 Å². The predicted molar refractivity (Wildman–Crippen MR) is 144 cm³/mol. The predicted octanol–water partition coefficient (Wildman–Crippen LogP) is 5.34. The summed E-state index contributed by atoms with van der Waals surface area (Å²) in [6.45, 7) is 17.0. The molecule has 1 aliphatic heterocycles. The molecule has 36 heavy (non-hydrogen) atoms. The molecule has 200 valence electrons. The molecule has 0 bridgehead atoms. The first-order valence-corrected chi connectivity index (χ1v) is 16.6. The third-order valence-corrected chi connectivity index (χ3v) is 7.66. The number of carbonyl (C=O) groups is 2. The van der Waals surface area contributed by atoms with Crippen molar-refractivity contribution in [3.05, 3.63) is 24.0 Å².